The molecule has 2 heterocycles. The summed E-state index contributed by atoms with van der Waals surface area (Å²) in [6, 6.07) is 4.90. The molecule has 2 aromatic heterocycles. The minimum absolute atomic E-state index is 0.254. The Bertz CT molecular complexity index is 665. The molecule has 0 saturated carbocycles. The van der Waals surface area contributed by atoms with Crippen molar-refractivity contribution in [1.82, 2.24) is 14.9 Å². The van der Waals surface area contributed by atoms with E-state index in [2.05, 4.69) is 15.0 Å². The van der Waals surface area contributed by atoms with Gasteiger partial charge in [0.15, 0.2) is 0 Å². The van der Waals surface area contributed by atoms with Crippen LogP contribution in [0.15, 0.2) is 41.7 Å². The van der Waals surface area contributed by atoms with Crippen molar-refractivity contribution in [3.8, 4) is 0 Å². The first kappa shape index (κ1) is 14.5. The molecule has 0 saturated heterocycles. The normalized spacial score (nSPS) is 11.5. The second-order valence-corrected chi connectivity index (χ2v) is 6.08. The van der Waals surface area contributed by atoms with Gasteiger partial charge in [0, 0.05) is 37.9 Å². The van der Waals surface area contributed by atoms with Gasteiger partial charge in [0.05, 0.1) is 5.69 Å². The molecule has 0 bridgehead atoms. The molecule has 0 unspecified atom stereocenters. The highest BCUT2D eigenvalue weighted by molar-refractivity contribution is 7.92. The Balaban J connectivity index is 2.21. The van der Waals surface area contributed by atoms with E-state index in [0.717, 1.165) is 12.2 Å². The van der Waals surface area contributed by atoms with E-state index in [-0.39, 0.29) is 4.90 Å². The van der Waals surface area contributed by atoms with Crippen molar-refractivity contribution in [1.29, 1.82) is 0 Å². The first-order chi connectivity index (χ1) is 9.53. The highest BCUT2D eigenvalue weighted by Crippen LogP contribution is 2.17. The van der Waals surface area contributed by atoms with E-state index in [0.29, 0.717) is 12.2 Å². The third kappa shape index (κ3) is 3.37. The molecule has 0 aliphatic rings. The Kier molecular flexibility index (Phi) is 4.41. The van der Waals surface area contributed by atoms with Crippen molar-refractivity contribution in [2.24, 2.45) is 7.05 Å². The lowest BCUT2D eigenvalue weighted by Gasteiger charge is -2.05. The molecule has 0 aromatic carbocycles. The van der Waals surface area contributed by atoms with Crippen LogP contribution >= 0.6 is 0 Å². The van der Waals surface area contributed by atoms with Crippen LogP contribution in [-0.2, 0) is 23.6 Å². The largest absolute Gasteiger partial charge is 0.352 e. The molecule has 2 N–H and O–H groups in total. The van der Waals surface area contributed by atoms with Crippen LogP contribution in [0.25, 0.3) is 0 Å². The summed E-state index contributed by atoms with van der Waals surface area (Å²) in [6.07, 6.45) is 4.69. The molecule has 7 heteroatoms. The maximum atomic E-state index is 12.3. The van der Waals surface area contributed by atoms with Crippen LogP contribution in [-0.4, -0.2) is 24.5 Å². The lowest BCUT2D eigenvalue weighted by molar-refractivity contribution is 0.601. The molecule has 0 amide bonds. The highest BCUT2D eigenvalue weighted by Gasteiger charge is 2.17. The fourth-order valence-corrected chi connectivity index (χ4v) is 2.94. The topological polar surface area (TPSA) is 76.0 Å². The van der Waals surface area contributed by atoms with E-state index in [1.54, 1.807) is 36.8 Å². The molecular weight excluding hydrogens is 276 g/mol. The van der Waals surface area contributed by atoms with Gasteiger partial charge < -0.3 is 9.88 Å². The van der Waals surface area contributed by atoms with Gasteiger partial charge in [-0.15, -0.1) is 0 Å². The first-order valence-corrected chi connectivity index (χ1v) is 7.80. The van der Waals surface area contributed by atoms with Crippen molar-refractivity contribution >= 4 is 15.7 Å². The van der Waals surface area contributed by atoms with Gasteiger partial charge in [0.1, 0.15) is 4.90 Å². The van der Waals surface area contributed by atoms with E-state index in [1.165, 1.54) is 0 Å². The van der Waals surface area contributed by atoms with Gasteiger partial charge in [-0.1, -0.05) is 6.92 Å². The highest BCUT2D eigenvalue weighted by atomic mass is 32.2. The lowest BCUT2D eigenvalue weighted by Crippen LogP contribution is -2.14. The molecule has 20 heavy (non-hydrogen) atoms. The average molecular weight is 294 g/mol. The number of aromatic nitrogens is 2. The van der Waals surface area contributed by atoms with Crippen LogP contribution in [0.4, 0.5) is 5.69 Å². The molecule has 6 nitrogen and oxygen atoms in total. The summed E-state index contributed by atoms with van der Waals surface area (Å²) in [5, 5.41) is 3.18. The molecule has 0 radical (unpaired) electrons. The van der Waals surface area contributed by atoms with Crippen LogP contribution < -0.4 is 10.0 Å². The SMILES string of the molecule is CCNCc1cc(S(=O)(=O)Nc2ccncc2)cn1C. The van der Waals surface area contributed by atoms with Crippen LogP contribution in [0.1, 0.15) is 12.6 Å². The second kappa shape index (κ2) is 6.06. The van der Waals surface area contributed by atoms with Gasteiger partial charge in [-0.3, -0.25) is 9.71 Å². The van der Waals surface area contributed by atoms with Gasteiger partial charge in [-0.25, -0.2) is 8.42 Å². The molecule has 0 spiro atoms. The summed E-state index contributed by atoms with van der Waals surface area (Å²) in [4.78, 5) is 4.11. The fourth-order valence-electron chi connectivity index (χ4n) is 1.79. The van der Waals surface area contributed by atoms with Crippen molar-refractivity contribution in [3.05, 3.63) is 42.5 Å². The Morgan fingerprint density at radius 1 is 1.30 bits per heavy atom. The Hall–Kier alpha value is -1.86. The number of sulfonamides is 1. The number of rotatable bonds is 6. The number of pyridine rings is 1. The maximum absolute atomic E-state index is 12.3. The van der Waals surface area contributed by atoms with Gasteiger partial charge in [-0.05, 0) is 24.7 Å². The summed E-state index contributed by atoms with van der Waals surface area (Å²) in [7, 11) is -1.73. The molecule has 108 valence electrons. The number of anilines is 1. The lowest BCUT2D eigenvalue weighted by atomic mass is 10.4. The number of nitrogens with zero attached hydrogens (tertiary/aromatic N) is 2. The number of nitrogens with one attached hydrogen (secondary N) is 2. The number of hydrogen-bond donors (Lipinski definition) is 2. The van der Waals surface area contributed by atoms with Crippen molar-refractivity contribution in [2.75, 3.05) is 11.3 Å². The zero-order valence-corrected chi connectivity index (χ0v) is 12.3. The Morgan fingerprint density at radius 2 is 2.00 bits per heavy atom. The molecule has 2 aromatic rings. The zero-order chi connectivity index (χ0) is 14.6. The predicted octanol–water partition coefficient (Wildman–Crippen LogP) is 1.33. The molecule has 2 rings (SSSR count). The van der Waals surface area contributed by atoms with Crippen LogP contribution in [0.3, 0.4) is 0 Å². The van der Waals surface area contributed by atoms with E-state index in [9.17, 15) is 8.42 Å². The molecule has 0 aliphatic heterocycles. The standard InChI is InChI=1S/C13H18N4O2S/c1-3-14-9-12-8-13(10-17(12)2)20(18,19)16-11-4-6-15-7-5-11/h4-8,10,14H,3,9H2,1-2H3,(H,15,16). The molecule has 0 fully saturated rings. The van der Waals surface area contributed by atoms with Gasteiger partial charge in [0.2, 0.25) is 0 Å². The monoisotopic (exact) mass is 294 g/mol. The van der Waals surface area contributed by atoms with Crippen LogP contribution in [0, 0.1) is 0 Å². The molecule has 0 aliphatic carbocycles. The minimum atomic E-state index is -3.57. The number of aryl methyl sites for hydroxylation is 1. The van der Waals surface area contributed by atoms with E-state index in [4.69, 9.17) is 0 Å². The van der Waals surface area contributed by atoms with Crippen molar-refractivity contribution in [2.45, 2.75) is 18.4 Å². The summed E-state index contributed by atoms with van der Waals surface area (Å²) in [5.41, 5.74) is 1.42. The Morgan fingerprint density at radius 3 is 2.65 bits per heavy atom. The minimum Gasteiger partial charge on any atom is -0.352 e. The number of hydrogen-bond acceptors (Lipinski definition) is 4. The van der Waals surface area contributed by atoms with Crippen molar-refractivity contribution in [3.63, 3.8) is 0 Å². The molecular formula is C13H18N4O2S. The van der Waals surface area contributed by atoms with Gasteiger partial charge >= 0.3 is 0 Å². The van der Waals surface area contributed by atoms with Gasteiger partial charge in [0.25, 0.3) is 10.0 Å². The Labute approximate surface area is 118 Å². The molecule has 0 atom stereocenters. The maximum Gasteiger partial charge on any atom is 0.263 e. The predicted molar refractivity (Wildman–Crippen MR) is 77.8 cm³/mol. The summed E-state index contributed by atoms with van der Waals surface area (Å²) >= 11 is 0. The van der Waals surface area contributed by atoms with E-state index < -0.39 is 10.0 Å². The van der Waals surface area contributed by atoms with E-state index >= 15 is 0 Å². The fraction of sp³-hybridized carbons (Fsp3) is 0.308. The third-order valence-corrected chi connectivity index (χ3v) is 4.23. The zero-order valence-electron chi connectivity index (χ0n) is 11.5. The van der Waals surface area contributed by atoms with E-state index in [1.807, 2.05) is 18.5 Å². The van der Waals surface area contributed by atoms with Crippen molar-refractivity contribution < 1.29 is 8.42 Å². The average Bonchev–Trinajstić information content (AvgIpc) is 2.79. The van der Waals surface area contributed by atoms with Gasteiger partial charge in [-0.2, -0.15) is 0 Å². The third-order valence-electron chi connectivity index (χ3n) is 2.88. The first-order valence-electron chi connectivity index (χ1n) is 6.31. The second-order valence-electron chi connectivity index (χ2n) is 4.40. The summed E-state index contributed by atoms with van der Waals surface area (Å²) < 4.78 is 28.9. The summed E-state index contributed by atoms with van der Waals surface area (Å²) in [5.74, 6) is 0. The quantitative estimate of drug-likeness (QED) is 0.843. The summed E-state index contributed by atoms with van der Waals surface area (Å²) in [6.45, 7) is 3.48. The van der Waals surface area contributed by atoms with Crippen LogP contribution in [0.5, 0.6) is 0 Å². The van der Waals surface area contributed by atoms with Crippen LogP contribution in [0.2, 0.25) is 0 Å². The smallest absolute Gasteiger partial charge is 0.263 e.